The van der Waals surface area contributed by atoms with E-state index in [2.05, 4.69) is 9.72 Å². The number of aryl methyl sites for hydroxylation is 1. The molecule has 0 N–H and O–H groups in total. The van der Waals surface area contributed by atoms with Crippen LogP contribution in [-0.2, 0) is 0 Å². The molecule has 3 rings (SSSR count). The second kappa shape index (κ2) is 7.02. The minimum absolute atomic E-state index is 0.258. The molecule has 140 valence electrons. The third-order valence-electron chi connectivity index (χ3n) is 3.93. The standard InChI is InChI=1S/C19H12Cl2F3NO2/c1-9-17(10(2)26)18(11-3-5-14(20)15(21)7-11)13-8-12(27-19(22,23)24)4-6-16(13)25-9/h3-8H,1-2H3. The summed E-state index contributed by atoms with van der Waals surface area (Å²) in [6.45, 7) is 3.03. The molecule has 2 aromatic carbocycles. The monoisotopic (exact) mass is 413 g/mol. The number of fused-ring (bicyclic) bond motifs is 1. The summed E-state index contributed by atoms with van der Waals surface area (Å²) in [6, 6.07) is 8.55. The summed E-state index contributed by atoms with van der Waals surface area (Å²) in [5.41, 5.74) is 2.14. The van der Waals surface area contributed by atoms with E-state index >= 15 is 0 Å². The first-order chi connectivity index (χ1) is 12.6. The largest absolute Gasteiger partial charge is 0.573 e. The van der Waals surface area contributed by atoms with E-state index in [0.717, 1.165) is 0 Å². The van der Waals surface area contributed by atoms with Gasteiger partial charge in [-0.3, -0.25) is 9.78 Å². The van der Waals surface area contributed by atoms with Gasteiger partial charge in [0.15, 0.2) is 5.78 Å². The normalized spacial score (nSPS) is 11.7. The zero-order valence-electron chi connectivity index (χ0n) is 14.1. The van der Waals surface area contributed by atoms with Crippen LogP contribution in [0.4, 0.5) is 13.2 Å². The second-order valence-electron chi connectivity index (χ2n) is 5.86. The van der Waals surface area contributed by atoms with Gasteiger partial charge in [-0.1, -0.05) is 29.3 Å². The van der Waals surface area contributed by atoms with Crippen LogP contribution in [0.2, 0.25) is 10.0 Å². The van der Waals surface area contributed by atoms with Gasteiger partial charge in [0.25, 0.3) is 0 Å². The van der Waals surface area contributed by atoms with Crippen molar-refractivity contribution in [1.82, 2.24) is 4.98 Å². The molecule has 0 aliphatic rings. The van der Waals surface area contributed by atoms with E-state index in [1.165, 1.54) is 25.1 Å². The molecule has 8 heteroatoms. The molecule has 0 aliphatic heterocycles. The number of hydrogen-bond acceptors (Lipinski definition) is 3. The first-order valence-corrected chi connectivity index (χ1v) is 8.49. The molecule has 27 heavy (non-hydrogen) atoms. The van der Waals surface area contributed by atoms with Gasteiger partial charge in [-0.15, -0.1) is 13.2 Å². The van der Waals surface area contributed by atoms with Gasteiger partial charge in [-0.05, 0) is 49.7 Å². The fraction of sp³-hybridized carbons (Fsp3) is 0.158. The molecule has 0 bridgehead atoms. The van der Waals surface area contributed by atoms with Crippen molar-refractivity contribution in [3.8, 4) is 16.9 Å². The maximum absolute atomic E-state index is 12.6. The molecule has 1 aromatic heterocycles. The van der Waals surface area contributed by atoms with Crippen molar-refractivity contribution in [2.45, 2.75) is 20.2 Å². The number of ether oxygens (including phenoxy) is 1. The smallest absolute Gasteiger partial charge is 0.406 e. The van der Waals surface area contributed by atoms with Crippen LogP contribution >= 0.6 is 23.2 Å². The maximum Gasteiger partial charge on any atom is 0.573 e. The summed E-state index contributed by atoms with van der Waals surface area (Å²) in [5, 5.41) is 0.917. The maximum atomic E-state index is 12.6. The molecule has 3 nitrogen and oxygen atoms in total. The van der Waals surface area contributed by atoms with Crippen LogP contribution in [0.1, 0.15) is 23.0 Å². The van der Waals surface area contributed by atoms with Gasteiger partial charge in [0.2, 0.25) is 0 Å². The highest BCUT2D eigenvalue weighted by atomic mass is 35.5. The van der Waals surface area contributed by atoms with Crippen molar-refractivity contribution in [2.75, 3.05) is 0 Å². The molecule has 0 fully saturated rings. The van der Waals surface area contributed by atoms with Crippen LogP contribution in [0.5, 0.6) is 5.75 Å². The molecule has 0 saturated carbocycles. The Hall–Kier alpha value is -2.31. The number of alkyl halides is 3. The second-order valence-corrected chi connectivity index (χ2v) is 6.67. The number of halogens is 5. The fourth-order valence-electron chi connectivity index (χ4n) is 2.94. The highest BCUT2D eigenvalue weighted by Gasteiger charge is 2.31. The minimum atomic E-state index is -4.83. The van der Waals surface area contributed by atoms with Crippen molar-refractivity contribution in [2.24, 2.45) is 0 Å². The number of pyridine rings is 1. The third kappa shape index (κ3) is 4.01. The Balaban J connectivity index is 2.37. The molecule has 3 aromatic rings. The average Bonchev–Trinajstić information content (AvgIpc) is 2.55. The van der Waals surface area contributed by atoms with Gasteiger partial charge in [0.1, 0.15) is 5.75 Å². The van der Waals surface area contributed by atoms with Crippen LogP contribution in [0, 0.1) is 6.92 Å². The number of benzene rings is 2. The molecule has 0 spiro atoms. The minimum Gasteiger partial charge on any atom is -0.406 e. The number of ketones is 1. The Morgan fingerprint density at radius 2 is 1.78 bits per heavy atom. The summed E-state index contributed by atoms with van der Waals surface area (Å²) in [6.07, 6.45) is -4.83. The highest BCUT2D eigenvalue weighted by Crippen LogP contribution is 2.38. The van der Waals surface area contributed by atoms with Gasteiger partial charge in [-0.25, -0.2) is 0 Å². The predicted octanol–water partition coefficient (Wildman–Crippen LogP) is 6.62. The SMILES string of the molecule is CC(=O)c1c(C)nc2ccc(OC(F)(F)F)cc2c1-c1ccc(Cl)c(Cl)c1. The van der Waals surface area contributed by atoms with Crippen LogP contribution in [0.15, 0.2) is 36.4 Å². The Morgan fingerprint density at radius 1 is 1.07 bits per heavy atom. The molecular formula is C19H12Cl2F3NO2. The molecule has 0 saturated heterocycles. The summed E-state index contributed by atoms with van der Waals surface area (Å²) < 4.78 is 41.8. The number of hydrogen-bond donors (Lipinski definition) is 0. The Bertz CT molecular complexity index is 1060. The highest BCUT2D eigenvalue weighted by molar-refractivity contribution is 6.42. The third-order valence-corrected chi connectivity index (χ3v) is 4.67. The number of nitrogens with zero attached hydrogens (tertiary/aromatic N) is 1. The van der Waals surface area contributed by atoms with Gasteiger partial charge in [-0.2, -0.15) is 0 Å². The number of carbonyl (C=O) groups excluding carboxylic acids is 1. The topological polar surface area (TPSA) is 39.2 Å². The predicted molar refractivity (Wildman–Crippen MR) is 98.6 cm³/mol. The van der Waals surface area contributed by atoms with Gasteiger partial charge < -0.3 is 4.74 Å². The Kier molecular flexibility index (Phi) is 5.06. The quantitative estimate of drug-likeness (QED) is 0.453. The molecular weight excluding hydrogens is 402 g/mol. The van der Waals surface area contributed by atoms with Crippen molar-refractivity contribution < 1.29 is 22.7 Å². The lowest BCUT2D eigenvalue weighted by molar-refractivity contribution is -0.274. The average molecular weight is 414 g/mol. The lowest BCUT2D eigenvalue weighted by Crippen LogP contribution is -2.17. The van der Waals surface area contributed by atoms with E-state index in [1.54, 1.807) is 25.1 Å². The first-order valence-electron chi connectivity index (χ1n) is 7.73. The first kappa shape index (κ1) is 19.5. The van der Waals surface area contributed by atoms with Gasteiger partial charge in [0.05, 0.1) is 15.6 Å². The lowest BCUT2D eigenvalue weighted by Gasteiger charge is -2.16. The van der Waals surface area contributed by atoms with Crippen molar-refractivity contribution in [3.05, 3.63) is 57.7 Å². The number of rotatable bonds is 3. The molecule has 0 unspecified atom stereocenters. The summed E-state index contributed by atoms with van der Waals surface area (Å²) in [5.74, 6) is -0.679. The van der Waals surface area contributed by atoms with E-state index in [1.807, 2.05) is 0 Å². The summed E-state index contributed by atoms with van der Waals surface area (Å²) in [7, 11) is 0. The van der Waals surface area contributed by atoms with Crippen LogP contribution in [-0.4, -0.2) is 17.1 Å². The van der Waals surface area contributed by atoms with Crippen LogP contribution < -0.4 is 4.74 Å². The molecule has 1 heterocycles. The Morgan fingerprint density at radius 3 is 2.37 bits per heavy atom. The zero-order chi connectivity index (χ0) is 19.9. The molecule has 0 amide bonds. The van der Waals surface area contributed by atoms with E-state index in [4.69, 9.17) is 23.2 Å². The molecule has 0 atom stereocenters. The van der Waals surface area contributed by atoms with Crippen LogP contribution in [0.3, 0.4) is 0 Å². The fourth-order valence-corrected chi connectivity index (χ4v) is 3.24. The number of Topliss-reactive ketones (excluding diaryl/α,β-unsaturated/α-hetero) is 1. The van der Waals surface area contributed by atoms with Crippen molar-refractivity contribution in [1.29, 1.82) is 0 Å². The zero-order valence-corrected chi connectivity index (χ0v) is 15.6. The Labute approximate surface area is 162 Å². The molecule has 0 radical (unpaired) electrons. The van der Waals surface area contributed by atoms with Crippen molar-refractivity contribution >= 4 is 39.9 Å². The van der Waals surface area contributed by atoms with E-state index < -0.39 is 12.1 Å². The van der Waals surface area contributed by atoms with Gasteiger partial charge in [0, 0.05) is 22.2 Å². The van der Waals surface area contributed by atoms with Gasteiger partial charge >= 0.3 is 6.36 Å². The summed E-state index contributed by atoms with van der Waals surface area (Å²) in [4.78, 5) is 16.6. The van der Waals surface area contributed by atoms with Crippen molar-refractivity contribution in [3.63, 3.8) is 0 Å². The van der Waals surface area contributed by atoms with E-state index in [-0.39, 0.29) is 10.8 Å². The van der Waals surface area contributed by atoms with E-state index in [9.17, 15) is 18.0 Å². The van der Waals surface area contributed by atoms with E-state index in [0.29, 0.717) is 38.3 Å². The lowest BCUT2D eigenvalue weighted by atomic mass is 9.92. The number of aromatic nitrogens is 1. The number of carbonyl (C=O) groups is 1. The van der Waals surface area contributed by atoms with Crippen LogP contribution in [0.25, 0.3) is 22.0 Å². The molecule has 0 aliphatic carbocycles. The summed E-state index contributed by atoms with van der Waals surface area (Å²) >= 11 is 12.1.